The van der Waals surface area contributed by atoms with Crippen molar-refractivity contribution in [1.29, 1.82) is 0 Å². The predicted octanol–water partition coefficient (Wildman–Crippen LogP) is 2.39. The van der Waals surface area contributed by atoms with Crippen molar-refractivity contribution in [1.82, 2.24) is 14.5 Å². The second-order valence-electron chi connectivity index (χ2n) is 9.68. The van der Waals surface area contributed by atoms with E-state index in [4.69, 9.17) is 5.73 Å². The van der Waals surface area contributed by atoms with Crippen molar-refractivity contribution in [2.45, 2.75) is 59.4 Å². The van der Waals surface area contributed by atoms with E-state index in [1.807, 2.05) is 51.1 Å². The Balaban J connectivity index is 1.87. The Labute approximate surface area is 205 Å². The van der Waals surface area contributed by atoms with E-state index in [9.17, 15) is 19.2 Å². The fraction of sp³-hybridized carbons (Fsp3) is 0.538. The van der Waals surface area contributed by atoms with Gasteiger partial charge in [-0.1, -0.05) is 57.5 Å². The topological polar surface area (TPSA) is 121 Å². The first kappa shape index (κ1) is 26.2. The highest BCUT2D eigenvalue weighted by molar-refractivity contribution is 5.97. The van der Waals surface area contributed by atoms with Crippen molar-refractivity contribution in [2.75, 3.05) is 30.3 Å². The Morgan fingerprint density at radius 1 is 1.20 bits per heavy atom. The van der Waals surface area contributed by atoms with Gasteiger partial charge in [-0.15, -0.1) is 0 Å². The maximum atomic E-state index is 13.7. The quantitative estimate of drug-likeness (QED) is 0.567. The van der Waals surface area contributed by atoms with Crippen molar-refractivity contribution in [3.63, 3.8) is 0 Å². The molecule has 1 aliphatic rings. The zero-order valence-electron chi connectivity index (χ0n) is 21.0. The van der Waals surface area contributed by atoms with E-state index < -0.39 is 17.2 Å². The molecule has 9 heteroatoms. The Bertz CT molecular complexity index is 1140. The van der Waals surface area contributed by atoms with Crippen LogP contribution in [0.4, 0.5) is 11.5 Å². The van der Waals surface area contributed by atoms with Gasteiger partial charge in [0.1, 0.15) is 5.82 Å². The summed E-state index contributed by atoms with van der Waals surface area (Å²) in [5.74, 6) is -0.565. The number of piperidine rings is 1. The molecule has 1 atom stereocenters. The first-order valence-electron chi connectivity index (χ1n) is 12.5. The number of nitrogens with two attached hydrogens (primary N) is 1. The number of likely N-dealkylation sites (tertiary alicyclic amines) is 1. The summed E-state index contributed by atoms with van der Waals surface area (Å²) in [4.78, 5) is 57.4. The lowest BCUT2D eigenvalue weighted by atomic mass is 9.95. The van der Waals surface area contributed by atoms with Crippen molar-refractivity contribution in [3.05, 3.63) is 56.7 Å². The van der Waals surface area contributed by atoms with Crippen LogP contribution in [0.25, 0.3) is 0 Å². The van der Waals surface area contributed by atoms with Crippen LogP contribution in [0, 0.1) is 11.8 Å². The SMILES string of the molecule is CCCCN(C(=O)C1CCCN(C(=O)Cc2ccccc2)C1)c1c(N)n(CC(C)C)c(=O)[nH]c1=O. The number of unbranched alkanes of at least 4 members (excludes halogenated alkanes) is 1. The van der Waals surface area contributed by atoms with Crippen molar-refractivity contribution >= 4 is 23.3 Å². The highest BCUT2D eigenvalue weighted by Crippen LogP contribution is 2.25. The molecule has 0 bridgehead atoms. The van der Waals surface area contributed by atoms with Crippen molar-refractivity contribution in [2.24, 2.45) is 11.8 Å². The van der Waals surface area contributed by atoms with Gasteiger partial charge in [0.25, 0.3) is 5.56 Å². The summed E-state index contributed by atoms with van der Waals surface area (Å²) in [5.41, 5.74) is 6.03. The number of benzene rings is 1. The molecule has 1 unspecified atom stereocenters. The summed E-state index contributed by atoms with van der Waals surface area (Å²) in [6.07, 6.45) is 3.11. The molecule has 1 aromatic heterocycles. The molecule has 2 heterocycles. The number of carbonyl (C=O) groups is 2. The molecule has 3 N–H and O–H groups in total. The summed E-state index contributed by atoms with van der Waals surface area (Å²) in [5, 5.41) is 0. The Morgan fingerprint density at radius 2 is 1.91 bits per heavy atom. The third kappa shape index (κ3) is 6.41. The average molecular weight is 484 g/mol. The molecule has 0 radical (unpaired) electrons. The molecular formula is C26H37N5O4. The zero-order chi connectivity index (χ0) is 25.5. The number of carbonyl (C=O) groups excluding carboxylic acids is 2. The number of hydrogen-bond donors (Lipinski definition) is 2. The molecule has 190 valence electrons. The molecule has 0 saturated carbocycles. The molecule has 1 aromatic carbocycles. The van der Waals surface area contributed by atoms with Crippen LogP contribution >= 0.6 is 0 Å². The largest absolute Gasteiger partial charge is 0.383 e. The van der Waals surface area contributed by atoms with Crippen LogP contribution in [-0.2, 0) is 22.6 Å². The Morgan fingerprint density at radius 3 is 2.57 bits per heavy atom. The molecule has 1 fully saturated rings. The number of nitrogen functional groups attached to an aromatic ring is 1. The van der Waals surface area contributed by atoms with Crippen LogP contribution < -0.4 is 21.9 Å². The lowest BCUT2D eigenvalue weighted by molar-refractivity contribution is -0.134. The number of H-pyrrole nitrogens is 1. The van der Waals surface area contributed by atoms with E-state index in [0.717, 1.165) is 12.0 Å². The molecule has 0 spiro atoms. The van der Waals surface area contributed by atoms with E-state index in [-0.39, 0.29) is 35.7 Å². The Hall–Kier alpha value is -3.36. The maximum Gasteiger partial charge on any atom is 0.330 e. The van der Waals surface area contributed by atoms with E-state index in [1.165, 1.54) is 9.47 Å². The average Bonchev–Trinajstić information content (AvgIpc) is 2.84. The lowest BCUT2D eigenvalue weighted by Crippen LogP contribution is -2.49. The monoisotopic (exact) mass is 483 g/mol. The van der Waals surface area contributed by atoms with Crippen LogP contribution in [0.15, 0.2) is 39.9 Å². The minimum Gasteiger partial charge on any atom is -0.383 e. The fourth-order valence-electron chi connectivity index (χ4n) is 4.54. The summed E-state index contributed by atoms with van der Waals surface area (Å²) in [6, 6.07) is 9.54. The van der Waals surface area contributed by atoms with Crippen molar-refractivity contribution < 1.29 is 9.59 Å². The lowest BCUT2D eigenvalue weighted by Gasteiger charge is -2.35. The van der Waals surface area contributed by atoms with Crippen LogP contribution in [0.2, 0.25) is 0 Å². The number of hydrogen-bond acceptors (Lipinski definition) is 5. The van der Waals surface area contributed by atoms with Crippen LogP contribution in [-0.4, -0.2) is 45.9 Å². The molecule has 2 amide bonds. The molecule has 3 rings (SSSR count). The number of amides is 2. The van der Waals surface area contributed by atoms with E-state index in [1.54, 1.807) is 4.90 Å². The maximum absolute atomic E-state index is 13.7. The van der Waals surface area contributed by atoms with Gasteiger partial charge in [-0.25, -0.2) is 4.79 Å². The van der Waals surface area contributed by atoms with E-state index >= 15 is 0 Å². The molecule has 2 aromatic rings. The Kier molecular flexibility index (Phi) is 8.89. The predicted molar refractivity (Wildman–Crippen MR) is 137 cm³/mol. The molecule has 1 saturated heterocycles. The highest BCUT2D eigenvalue weighted by atomic mass is 16.2. The van der Waals surface area contributed by atoms with Gasteiger partial charge in [-0.2, -0.15) is 0 Å². The van der Waals surface area contributed by atoms with Gasteiger partial charge < -0.3 is 15.5 Å². The number of aromatic amines is 1. The van der Waals surface area contributed by atoms with Gasteiger partial charge in [0.15, 0.2) is 5.69 Å². The third-order valence-electron chi connectivity index (χ3n) is 6.35. The van der Waals surface area contributed by atoms with Gasteiger partial charge in [0.05, 0.1) is 12.3 Å². The fourth-order valence-corrected chi connectivity index (χ4v) is 4.54. The van der Waals surface area contributed by atoms with Gasteiger partial charge >= 0.3 is 5.69 Å². The second-order valence-corrected chi connectivity index (χ2v) is 9.68. The minimum absolute atomic E-state index is 0.00437. The van der Waals surface area contributed by atoms with Gasteiger partial charge in [-0.3, -0.25) is 23.9 Å². The first-order chi connectivity index (χ1) is 16.7. The molecule has 1 aliphatic heterocycles. The standard InChI is InChI=1S/C26H37N5O4/c1-4-5-14-30(22-23(27)31(16-18(2)3)26(35)28-24(22)33)25(34)20-12-9-13-29(17-20)21(32)15-19-10-7-6-8-11-19/h6-8,10-11,18,20H,4-5,9,12-17,27H2,1-3H3,(H,28,33,35). The number of rotatable bonds is 9. The van der Waals surface area contributed by atoms with Gasteiger partial charge in [0.2, 0.25) is 11.8 Å². The van der Waals surface area contributed by atoms with Crippen LogP contribution in [0.3, 0.4) is 0 Å². The van der Waals surface area contributed by atoms with Crippen LogP contribution in [0.1, 0.15) is 52.0 Å². The number of aromatic nitrogens is 2. The summed E-state index contributed by atoms with van der Waals surface area (Å²) in [7, 11) is 0. The van der Waals surface area contributed by atoms with Crippen molar-refractivity contribution in [3.8, 4) is 0 Å². The molecular weight excluding hydrogens is 446 g/mol. The normalized spacial score (nSPS) is 15.9. The molecule has 35 heavy (non-hydrogen) atoms. The summed E-state index contributed by atoms with van der Waals surface area (Å²) < 4.78 is 1.32. The number of nitrogens with zero attached hydrogens (tertiary/aromatic N) is 3. The van der Waals surface area contributed by atoms with E-state index in [2.05, 4.69) is 4.98 Å². The smallest absolute Gasteiger partial charge is 0.330 e. The van der Waals surface area contributed by atoms with E-state index in [0.29, 0.717) is 45.4 Å². The summed E-state index contributed by atoms with van der Waals surface area (Å²) in [6.45, 7) is 7.44. The summed E-state index contributed by atoms with van der Waals surface area (Å²) >= 11 is 0. The van der Waals surface area contributed by atoms with Gasteiger partial charge in [-0.05, 0) is 30.7 Å². The third-order valence-corrected chi connectivity index (χ3v) is 6.35. The number of nitrogens with one attached hydrogen (secondary N) is 1. The highest BCUT2D eigenvalue weighted by Gasteiger charge is 2.34. The van der Waals surface area contributed by atoms with Gasteiger partial charge in [0, 0.05) is 26.2 Å². The minimum atomic E-state index is -0.662. The molecule has 0 aliphatic carbocycles. The molecule has 9 nitrogen and oxygen atoms in total. The van der Waals surface area contributed by atoms with Crippen LogP contribution in [0.5, 0.6) is 0 Å². The second kappa shape index (κ2) is 11.9. The first-order valence-corrected chi connectivity index (χ1v) is 12.5. The number of anilines is 2. The zero-order valence-corrected chi connectivity index (χ0v) is 21.0.